The van der Waals surface area contributed by atoms with E-state index in [1.807, 2.05) is 0 Å². The highest BCUT2D eigenvalue weighted by Crippen LogP contribution is 2.31. The Morgan fingerprint density at radius 1 is 0.800 bits per heavy atom. The number of hydrogen-bond acceptors (Lipinski definition) is 12. The first kappa shape index (κ1) is 24.2. The number of aliphatic hydroxyl groups excluding tert-OH is 3. The second-order valence-electron chi connectivity index (χ2n) is 8.63. The highest BCUT2D eigenvalue weighted by atomic mass is 16.7. The van der Waals surface area contributed by atoms with E-state index in [2.05, 4.69) is 0 Å². The molecule has 12 nitrogen and oxygen atoms in total. The molecule has 3 fully saturated rings. The van der Waals surface area contributed by atoms with Gasteiger partial charge in [0.2, 0.25) is 0 Å². The Morgan fingerprint density at radius 2 is 1.47 bits per heavy atom. The van der Waals surface area contributed by atoms with E-state index in [-0.39, 0.29) is 12.5 Å². The summed E-state index contributed by atoms with van der Waals surface area (Å²) in [7, 11) is 0. The van der Waals surface area contributed by atoms with Crippen LogP contribution >= 0.6 is 0 Å². The standard InChI is InChI=1S/C18H37N5O7/c1-6-11(23)13(25)14(26)18(27-6)30-16-12(24)9(21)4-10(22)15(16)29-17-8(20)3-2-7(5-19)28-17/h6-18,24-26H,2-5,19-23H2,1H3/t6-,7-,8+,9+,10-,11-,12-,13+,14-,15+,16+,17+,18+/m0/s1. The molecule has 0 bridgehead atoms. The maximum Gasteiger partial charge on any atom is 0.187 e. The second-order valence-corrected chi connectivity index (χ2v) is 8.63. The molecule has 13 atom stereocenters. The Kier molecular flexibility index (Phi) is 8.04. The molecule has 0 spiro atoms. The minimum absolute atomic E-state index is 0.192. The van der Waals surface area contributed by atoms with Crippen molar-refractivity contribution in [2.24, 2.45) is 28.7 Å². The molecule has 0 aromatic rings. The van der Waals surface area contributed by atoms with Gasteiger partial charge in [-0.05, 0) is 26.2 Å². The first-order valence-electron chi connectivity index (χ1n) is 10.5. The molecule has 0 radical (unpaired) electrons. The average molecular weight is 436 g/mol. The van der Waals surface area contributed by atoms with E-state index in [1.165, 1.54) is 0 Å². The lowest BCUT2D eigenvalue weighted by Gasteiger charge is -2.47. The Bertz CT molecular complexity index is 563. The van der Waals surface area contributed by atoms with Crippen molar-refractivity contribution in [2.45, 2.75) is 106 Å². The van der Waals surface area contributed by atoms with Crippen LogP contribution in [0.15, 0.2) is 0 Å². The first-order valence-corrected chi connectivity index (χ1v) is 10.5. The number of nitrogens with two attached hydrogens (primary N) is 5. The molecule has 12 heteroatoms. The summed E-state index contributed by atoms with van der Waals surface area (Å²) in [6.07, 6.45) is -6.88. The molecule has 30 heavy (non-hydrogen) atoms. The van der Waals surface area contributed by atoms with Crippen LogP contribution in [0.3, 0.4) is 0 Å². The highest BCUT2D eigenvalue weighted by molar-refractivity contribution is 5.00. The molecule has 0 amide bonds. The van der Waals surface area contributed by atoms with Crippen molar-refractivity contribution in [3.63, 3.8) is 0 Å². The predicted octanol–water partition coefficient (Wildman–Crippen LogP) is -4.24. The minimum Gasteiger partial charge on any atom is -0.389 e. The van der Waals surface area contributed by atoms with Gasteiger partial charge in [0.25, 0.3) is 0 Å². The van der Waals surface area contributed by atoms with Gasteiger partial charge in [-0.1, -0.05) is 0 Å². The average Bonchev–Trinajstić information content (AvgIpc) is 2.72. The molecule has 1 saturated carbocycles. The quantitative estimate of drug-likeness (QED) is 0.205. The van der Waals surface area contributed by atoms with E-state index in [9.17, 15) is 15.3 Å². The van der Waals surface area contributed by atoms with Gasteiger partial charge in [0, 0.05) is 18.6 Å². The maximum absolute atomic E-state index is 10.7. The van der Waals surface area contributed by atoms with Gasteiger partial charge in [-0.25, -0.2) is 0 Å². The largest absolute Gasteiger partial charge is 0.389 e. The molecular formula is C18H37N5O7. The van der Waals surface area contributed by atoms with Crippen molar-refractivity contribution in [3.05, 3.63) is 0 Å². The van der Waals surface area contributed by atoms with Gasteiger partial charge in [0.05, 0.1) is 30.4 Å². The Labute approximate surface area is 175 Å². The van der Waals surface area contributed by atoms with Crippen molar-refractivity contribution >= 4 is 0 Å². The molecule has 2 heterocycles. The van der Waals surface area contributed by atoms with Gasteiger partial charge in [0.15, 0.2) is 12.6 Å². The van der Waals surface area contributed by atoms with E-state index in [1.54, 1.807) is 6.92 Å². The van der Waals surface area contributed by atoms with E-state index in [0.717, 1.165) is 6.42 Å². The van der Waals surface area contributed by atoms with Crippen LogP contribution in [-0.4, -0.2) is 101 Å². The maximum atomic E-state index is 10.7. The summed E-state index contributed by atoms with van der Waals surface area (Å²) in [6, 6.07) is -2.44. The summed E-state index contributed by atoms with van der Waals surface area (Å²) < 4.78 is 23.4. The molecule has 13 N–H and O–H groups in total. The lowest BCUT2D eigenvalue weighted by atomic mass is 9.84. The third-order valence-corrected chi connectivity index (χ3v) is 6.32. The van der Waals surface area contributed by atoms with Gasteiger partial charge in [0.1, 0.15) is 24.4 Å². The normalized spacial score (nSPS) is 52.9. The smallest absolute Gasteiger partial charge is 0.187 e. The van der Waals surface area contributed by atoms with Gasteiger partial charge in [-0.15, -0.1) is 0 Å². The zero-order valence-electron chi connectivity index (χ0n) is 17.2. The van der Waals surface area contributed by atoms with Crippen LogP contribution in [-0.2, 0) is 18.9 Å². The molecule has 176 valence electrons. The first-order chi connectivity index (χ1) is 14.1. The summed E-state index contributed by atoms with van der Waals surface area (Å²) in [5.74, 6) is 0. The summed E-state index contributed by atoms with van der Waals surface area (Å²) >= 11 is 0. The van der Waals surface area contributed by atoms with Crippen LogP contribution in [0, 0.1) is 0 Å². The van der Waals surface area contributed by atoms with Crippen LogP contribution in [0.25, 0.3) is 0 Å². The van der Waals surface area contributed by atoms with Crippen molar-refractivity contribution in [2.75, 3.05) is 6.54 Å². The minimum atomic E-state index is -1.42. The fourth-order valence-corrected chi connectivity index (χ4v) is 4.26. The van der Waals surface area contributed by atoms with Crippen LogP contribution in [0.2, 0.25) is 0 Å². The number of aliphatic hydroxyl groups is 3. The van der Waals surface area contributed by atoms with Crippen molar-refractivity contribution in [3.8, 4) is 0 Å². The van der Waals surface area contributed by atoms with Crippen molar-refractivity contribution in [1.82, 2.24) is 0 Å². The van der Waals surface area contributed by atoms with Gasteiger partial charge >= 0.3 is 0 Å². The molecular weight excluding hydrogens is 398 g/mol. The lowest BCUT2D eigenvalue weighted by molar-refractivity contribution is -0.321. The molecule has 0 aromatic heterocycles. The topological polar surface area (TPSA) is 228 Å². The van der Waals surface area contributed by atoms with Crippen LogP contribution in [0.4, 0.5) is 0 Å². The zero-order chi connectivity index (χ0) is 22.2. The molecule has 3 aliphatic rings. The SMILES string of the molecule is C[C@@H]1O[C@H](O[C@@H]2[C@@H](O)[C@H](N)C[C@H](N)[C@H]2O[C@H]2O[C@H](CN)CC[C@H]2N)[C@@H](O)[C@H](O)[C@H]1N. The summed E-state index contributed by atoms with van der Waals surface area (Å²) in [5, 5.41) is 31.3. The van der Waals surface area contributed by atoms with E-state index >= 15 is 0 Å². The second kappa shape index (κ2) is 9.98. The molecule has 1 aliphatic carbocycles. The number of ether oxygens (including phenoxy) is 4. The summed E-state index contributed by atoms with van der Waals surface area (Å²) in [4.78, 5) is 0. The fraction of sp³-hybridized carbons (Fsp3) is 1.00. The van der Waals surface area contributed by atoms with E-state index in [4.69, 9.17) is 47.6 Å². The van der Waals surface area contributed by atoms with Crippen molar-refractivity contribution < 1.29 is 34.3 Å². The van der Waals surface area contributed by atoms with Crippen molar-refractivity contribution in [1.29, 1.82) is 0 Å². The van der Waals surface area contributed by atoms with Gasteiger partial charge in [-0.3, -0.25) is 0 Å². The third-order valence-electron chi connectivity index (χ3n) is 6.32. The lowest BCUT2D eigenvalue weighted by Crippen LogP contribution is -2.67. The van der Waals surface area contributed by atoms with E-state index in [0.29, 0.717) is 13.0 Å². The van der Waals surface area contributed by atoms with Crippen LogP contribution in [0.1, 0.15) is 26.2 Å². The summed E-state index contributed by atoms with van der Waals surface area (Å²) in [5.41, 5.74) is 30.0. The van der Waals surface area contributed by atoms with E-state index < -0.39 is 73.4 Å². The predicted molar refractivity (Wildman–Crippen MR) is 106 cm³/mol. The zero-order valence-corrected chi connectivity index (χ0v) is 17.2. The number of rotatable bonds is 5. The van der Waals surface area contributed by atoms with Crippen LogP contribution < -0.4 is 28.7 Å². The monoisotopic (exact) mass is 435 g/mol. The molecule has 2 aliphatic heterocycles. The third kappa shape index (κ3) is 4.95. The van der Waals surface area contributed by atoms with Gasteiger partial charge in [-0.2, -0.15) is 0 Å². The van der Waals surface area contributed by atoms with Crippen LogP contribution in [0.5, 0.6) is 0 Å². The molecule has 3 rings (SSSR count). The summed E-state index contributed by atoms with van der Waals surface area (Å²) in [6.45, 7) is 1.98. The molecule has 0 aromatic carbocycles. The molecule has 0 unspecified atom stereocenters. The fourth-order valence-electron chi connectivity index (χ4n) is 4.26. The van der Waals surface area contributed by atoms with Gasteiger partial charge < -0.3 is 62.9 Å². The number of hydrogen-bond donors (Lipinski definition) is 8. The Hall–Kier alpha value is -0.480. The Balaban J connectivity index is 1.76. The Morgan fingerprint density at radius 3 is 2.13 bits per heavy atom. The highest BCUT2D eigenvalue weighted by Gasteiger charge is 2.49. The molecule has 2 saturated heterocycles.